The van der Waals surface area contributed by atoms with Gasteiger partial charge < -0.3 is 15.8 Å². The number of thioether (sulfide) groups is 1. The van der Waals surface area contributed by atoms with Crippen molar-refractivity contribution in [1.29, 1.82) is 0 Å². The zero-order chi connectivity index (χ0) is 14.5. The Hall–Kier alpha value is -0.260. The molecular weight excluding hydrogens is 260 g/mol. The van der Waals surface area contributed by atoms with Gasteiger partial charge in [-0.3, -0.25) is 4.79 Å². The molecule has 1 aliphatic heterocycles. The summed E-state index contributed by atoms with van der Waals surface area (Å²) in [6, 6.07) is 0.258. The number of nitrogens with two attached hydrogens (primary N) is 1. The number of carbonyl (C=O) groups is 1. The largest absolute Gasteiger partial charge is 0.377 e. The minimum Gasteiger partial charge on any atom is -0.377 e. The molecule has 0 saturated carbocycles. The van der Waals surface area contributed by atoms with E-state index < -0.39 is 5.54 Å². The summed E-state index contributed by atoms with van der Waals surface area (Å²) in [7, 11) is 0. The Morgan fingerprint density at radius 1 is 1.58 bits per heavy atom. The van der Waals surface area contributed by atoms with E-state index in [2.05, 4.69) is 12.2 Å². The van der Waals surface area contributed by atoms with E-state index in [4.69, 9.17) is 10.5 Å². The third-order valence-electron chi connectivity index (χ3n) is 3.61. The fourth-order valence-corrected chi connectivity index (χ4v) is 3.72. The molecule has 3 N–H and O–H groups in total. The molecule has 112 valence electrons. The maximum absolute atomic E-state index is 11.6. The van der Waals surface area contributed by atoms with Crippen molar-refractivity contribution in [3.8, 4) is 0 Å². The Kier molecular flexibility index (Phi) is 6.63. The van der Waals surface area contributed by atoms with Gasteiger partial charge in [0.15, 0.2) is 0 Å². The van der Waals surface area contributed by atoms with Crippen LogP contribution in [0.15, 0.2) is 0 Å². The van der Waals surface area contributed by atoms with Crippen molar-refractivity contribution in [2.45, 2.75) is 69.9 Å². The average Bonchev–Trinajstić information content (AvgIpc) is 2.69. The highest BCUT2D eigenvalue weighted by atomic mass is 32.2. The number of carbonyl (C=O) groups excluding carboxylic acids is 1. The third kappa shape index (κ3) is 5.32. The van der Waals surface area contributed by atoms with E-state index in [1.807, 2.05) is 32.5 Å². The summed E-state index contributed by atoms with van der Waals surface area (Å²) in [5.41, 5.74) is 4.93. The van der Waals surface area contributed by atoms with Crippen molar-refractivity contribution in [3.63, 3.8) is 0 Å². The van der Waals surface area contributed by atoms with E-state index in [1.165, 1.54) is 0 Å². The van der Waals surface area contributed by atoms with Gasteiger partial charge in [0, 0.05) is 17.9 Å². The van der Waals surface area contributed by atoms with Crippen LogP contribution in [0.4, 0.5) is 0 Å². The molecule has 1 fully saturated rings. The van der Waals surface area contributed by atoms with Gasteiger partial charge in [-0.15, -0.1) is 0 Å². The van der Waals surface area contributed by atoms with Gasteiger partial charge >= 0.3 is 0 Å². The number of hydrogen-bond acceptors (Lipinski definition) is 4. The van der Waals surface area contributed by atoms with Crippen LogP contribution in [0, 0.1) is 0 Å². The van der Waals surface area contributed by atoms with Crippen LogP contribution in [-0.2, 0) is 9.53 Å². The Bertz CT molecular complexity index is 299. The van der Waals surface area contributed by atoms with Crippen LogP contribution in [0.25, 0.3) is 0 Å². The van der Waals surface area contributed by atoms with Crippen molar-refractivity contribution in [2.75, 3.05) is 12.4 Å². The molecule has 1 rings (SSSR count). The topological polar surface area (TPSA) is 64.3 Å². The molecule has 0 aromatic heterocycles. The molecule has 0 spiro atoms. The summed E-state index contributed by atoms with van der Waals surface area (Å²) in [6.45, 7) is 8.99. The zero-order valence-corrected chi connectivity index (χ0v) is 13.4. The summed E-state index contributed by atoms with van der Waals surface area (Å²) >= 11 is 1.96. The second-order valence-corrected chi connectivity index (χ2v) is 7.22. The van der Waals surface area contributed by atoms with E-state index >= 15 is 0 Å². The summed E-state index contributed by atoms with van der Waals surface area (Å²) in [4.78, 5) is 11.6. The van der Waals surface area contributed by atoms with Crippen LogP contribution >= 0.6 is 11.8 Å². The Labute approximate surface area is 121 Å². The van der Waals surface area contributed by atoms with Crippen molar-refractivity contribution in [2.24, 2.45) is 5.73 Å². The molecule has 0 radical (unpaired) electrons. The fourth-order valence-electron chi connectivity index (χ4n) is 2.50. The molecule has 0 aromatic rings. The monoisotopic (exact) mass is 288 g/mol. The minimum absolute atomic E-state index is 0.258. The quantitative estimate of drug-likeness (QED) is 0.670. The lowest BCUT2D eigenvalue weighted by Crippen LogP contribution is -2.55. The van der Waals surface area contributed by atoms with Gasteiger partial charge in [0.05, 0.1) is 11.6 Å². The molecular formula is C14H28N2O2S. The SMILES string of the molecule is CC(C)NC(C)(CCCSC1CCOC1C)C(N)=O. The fraction of sp³-hybridized carbons (Fsp3) is 0.929. The summed E-state index contributed by atoms with van der Waals surface area (Å²) < 4.78 is 5.55. The second-order valence-electron chi connectivity index (χ2n) is 5.87. The van der Waals surface area contributed by atoms with Gasteiger partial charge in [-0.1, -0.05) is 0 Å². The van der Waals surface area contributed by atoms with Crippen LogP contribution in [0.5, 0.6) is 0 Å². The molecule has 0 bridgehead atoms. The van der Waals surface area contributed by atoms with Gasteiger partial charge in [0.2, 0.25) is 5.91 Å². The van der Waals surface area contributed by atoms with E-state index in [0.717, 1.165) is 31.6 Å². The predicted molar refractivity (Wildman–Crippen MR) is 81.4 cm³/mol. The number of hydrogen-bond donors (Lipinski definition) is 2. The van der Waals surface area contributed by atoms with Crippen molar-refractivity contribution >= 4 is 17.7 Å². The smallest absolute Gasteiger partial charge is 0.237 e. The van der Waals surface area contributed by atoms with E-state index in [0.29, 0.717) is 11.4 Å². The second kappa shape index (κ2) is 7.50. The Morgan fingerprint density at radius 2 is 2.26 bits per heavy atom. The van der Waals surface area contributed by atoms with E-state index in [-0.39, 0.29) is 11.9 Å². The van der Waals surface area contributed by atoms with Gasteiger partial charge in [-0.25, -0.2) is 0 Å². The lowest BCUT2D eigenvalue weighted by molar-refractivity contribution is -0.124. The predicted octanol–water partition coefficient (Wildman–Crippen LogP) is 1.92. The lowest BCUT2D eigenvalue weighted by Gasteiger charge is -2.30. The molecule has 1 saturated heterocycles. The normalized spacial score (nSPS) is 26.6. The van der Waals surface area contributed by atoms with Crippen LogP contribution < -0.4 is 11.1 Å². The summed E-state index contributed by atoms with van der Waals surface area (Å²) in [5, 5.41) is 3.89. The Balaban J connectivity index is 2.30. The third-order valence-corrected chi connectivity index (χ3v) is 5.18. The van der Waals surface area contributed by atoms with E-state index in [9.17, 15) is 4.79 Å². The number of nitrogens with one attached hydrogen (secondary N) is 1. The first-order chi connectivity index (χ1) is 8.85. The van der Waals surface area contributed by atoms with Gasteiger partial charge in [0.1, 0.15) is 0 Å². The maximum Gasteiger partial charge on any atom is 0.237 e. The molecule has 0 aliphatic carbocycles. The minimum atomic E-state index is -0.591. The first-order valence-corrected chi connectivity index (χ1v) is 8.21. The van der Waals surface area contributed by atoms with Gasteiger partial charge in [0.25, 0.3) is 0 Å². The van der Waals surface area contributed by atoms with Gasteiger partial charge in [-0.05, 0) is 52.7 Å². The molecule has 1 amide bonds. The molecule has 0 aromatic carbocycles. The van der Waals surface area contributed by atoms with Crippen LogP contribution in [0.1, 0.15) is 47.0 Å². The number of primary amides is 1. The molecule has 1 heterocycles. The van der Waals surface area contributed by atoms with E-state index in [1.54, 1.807) is 0 Å². The number of rotatable bonds is 8. The molecule has 19 heavy (non-hydrogen) atoms. The van der Waals surface area contributed by atoms with Crippen LogP contribution in [0.2, 0.25) is 0 Å². The van der Waals surface area contributed by atoms with Crippen LogP contribution in [0.3, 0.4) is 0 Å². The highest BCUT2D eigenvalue weighted by Gasteiger charge is 2.31. The summed E-state index contributed by atoms with van der Waals surface area (Å²) in [6.07, 6.45) is 3.28. The molecule has 3 unspecified atom stereocenters. The molecule has 1 aliphatic rings. The summed E-state index contributed by atoms with van der Waals surface area (Å²) in [5.74, 6) is 0.796. The number of amides is 1. The molecule has 5 heteroatoms. The lowest BCUT2D eigenvalue weighted by atomic mass is 9.94. The first kappa shape index (κ1) is 16.8. The molecule has 3 atom stereocenters. The zero-order valence-electron chi connectivity index (χ0n) is 12.6. The average molecular weight is 288 g/mol. The number of ether oxygens (including phenoxy) is 1. The van der Waals surface area contributed by atoms with Crippen molar-refractivity contribution in [3.05, 3.63) is 0 Å². The van der Waals surface area contributed by atoms with Crippen molar-refractivity contribution < 1.29 is 9.53 Å². The molecule has 4 nitrogen and oxygen atoms in total. The maximum atomic E-state index is 11.6. The Morgan fingerprint density at radius 3 is 2.74 bits per heavy atom. The first-order valence-electron chi connectivity index (χ1n) is 7.16. The van der Waals surface area contributed by atoms with Gasteiger partial charge in [-0.2, -0.15) is 11.8 Å². The standard InChI is InChI=1S/C14H28N2O2S/c1-10(2)16-14(4,13(15)17)7-5-9-19-12-6-8-18-11(12)3/h10-12,16H,5-9H2,1-4H3,(H2,15,17). The van der Waals surface area contributed by atoms with Crippen molar-refractivity contribution in [1.82, 2.24) is 5.32 Å². The highest BCUT2D eigenvalue weighted by molar-refractivity contribution is 7.99. The van der Waals surface area contributed by atoms with Crippen LogP contribution in [-0.4, -0.2) is 41.2 Å². The highest BCUT2D eigenvalue weighted by Crippen LogP contribution is 2.27.